The maximum Gasteiger partial charge on any atom is 0.293 e. The Labute approximate surface area is 162 Å². The van der Waals surface area contributed by atoms with Crippen LogP contribution in [0.15, 0.2) is 48.8 Å². The molecule has 3 aromatic rings. The van der Waals surface area contributed by atoms with Crippen molar-refractivity contribution in [3.8, 4) is 0 Å². The first kappa shape index (κ1) is 18.1. The number of aromatic nitrogens is 2. The third-order valence-corrected chi connectivity index (χ3v) is 5.11. The van der Waals surface area contributed by atoms with Crippen molar-refractivity contribution in [2.24, 2.45) is 5.73 Å². The number of fused-ring (bicyclic) bond motifs is 1. The minimum atomic E-state index is -0.336. The zero-order valence-electron chi connectivity index (χ0n) is 15.4. The van der Waals surface area contributed by atoms with Crippen molar-refractivity contribution in [2.45, 2.75) is 25.4 Å². The fourth-order valence-electron chi connectivity index (χ4n) is 3.54. The third kappa shape index (κ3) is 3.72. The lowest BCUT2D eigenvalue weighted by molar-refractivity contribution is -0.384. The van der Waals surface area contributed by atoms with Crippen molar-refractivity contribution in [2.75, 3.05) is 23.3 Å². The summed E-state index contributed by atoms with van der Waals surface area (Å²) in [6.07, 6.45) is 3.13. The molecule has 1 aromatic heterocycles. The molecule has 0 bridgehead atoms. The van der Waals surface area contributed by atoms with Crippen molar-refractivity contribution < 1.29 is 4.92 Å². The van der Waals surface area contributed by atoms with E-state index in [0.29, 0.717) is 42.0 Å². The molecule has 0 radical (unpaired) electrons. The molecule has 1 saturated heterocycles. The molecule has 0 saturated carbocycles. The maximum atomic E-state index is 11.8. The van der Waals surface area contributed by atoms with Gasteiger partial charge in [0.1, 0.15) is 17.8 Å². The Morgan fingerprint density at radius 2 is 1.93 bits per heavy atom. The van der Waals surface area contributed by atoms with Crippen LogP contribution in [0, 0.1) is 10.1 Å². The first-order chi connectivity index (χ1) is 13.6. The van der Waals surface area contributed by atoms with Crippen LogP contribution in [0.3, 0.4) is 0 Å². The highest BCUT2D eigenvalue weighted by Gasteiger charge is 2.25. The van der Waals surface area contributed by atoms with Crippen molar-refractivity contribution in [1.29, 1.82) is 0 Å². The van der Waals surface area contributed by atoms with Gasteiger partial charge in [-0.15, -0.1) is 0 Å². The number of benzene rings is 2. The van der Waals surface area contributed by atoms with Gasteiger partial charge >= 0.3 is 0 Å². The molecule has 0 amide bonds. The van der Waals surface area contributed by atoms with Crippen LogP contribution in [0.5, 0.6) is 0 Å². The maximum absolute atomic E-state index is 11.8. The molecule has 0 atom stereocenters. The van der Waals surface area contributed by atoms with Crippen LogP contribution < -0.4 is 16.0 Å². The van der Waals surface area contributed by atoms with Gasteiger partial charge in [-0.1, -0.05) is 30.3 Å². The summed E-state index contributed by atoms with van der Waals surface area (Å²) in [6.45, 7) is 1.99. The molecule has 0 aliphatic carbocycles. The molecule has 4 rings (SSSR count). The van der Waals surface area contributed by atoms with Crippen LogP contribution in [0.4, 0.5) is 17.2 Å². The zero-order valence-corrected chi connectivity index (χ0v) is 15.4. The topological polar surface area (TPSA) is 110 Å². The first-order valence-corrected chi connectivity index (χ1v) is 9.33. The van der Waals surface area contributed by atoms with Gasteiger partial charge in [0.2, 0.25) is 0 Å². The van der Waals surface area contributed by atoms with E-state index in [1.165, 1.54) is 6.33 Å². The van der Waals surface area contributed by atoms with E-state index in [1.54, 1.807) is 12.1 Å². The van der Waals surface area contributed by atoms with E-state index < -0.39 is 0 Å². The molecule has 3 N–H and O–H groups in total. The van der Waals surface area contributed by atoms with Gasteiger partial charge in [0.15, 0.2) is 0 Å². The Hall–Kier alpha value is -3.26. The Bertz CT molecular complexity index is 987. The minimum absolute atomic E-state index is 0.0699. The number of nitro benzene ring substituents is 1. The van der Waals surface area contributed by atoms with Crippen LogP contribution in [0.2, 0.25) is 0 Å². The summed E-state index contributed by atoms with van der Waals surface area (Å²) < 4.78 is 0. The number of hydrogen-bond donors (Lipinski definition) is 2. The standard InChI is InChI=1S/C20H22N6O2/c21-15-6-8-25(9-7-15)18-11-17-16(10-19(18)26(27)28)20(24-13-23-17)22-12-14-4-2-1-3-5-14/h1-5,10-11,13,15H,6-9,12,21H2,(H,22,23,24). The molecule has 2 aromatic carbocycles. The summed E-state index contributed by atoms with van der Waals surface area (Å²) in [7, 11) is 0. The molecule has 1 fully saturated rings. The average molecular weight is 378 g/mol. The number of anilines is 2. The normalized spacial score (nSPS) is 15.0. The number of nitrogens with zero attached hydrogens (tertiary/aromatic N) is 4. The third-order valence-electron chi connectivity index (χ3n) is 5.11. The van der Waals surface area contributed by atoms with Gasteiger partial charge in [0.25, 0.3) is 5.69 Å². The summed E-state index contributed by atoms with van der Waals surface area (Å²) in [6, 6.07) is 13.4. The van der Waals surface area contributed by atoms with E-state index in [4.69, 9.17) is 5.73 Å². The van der Waals surface area contributed by atoms with Gasteiger partial charge in [-0.3, -0.25) is 10.1 Å². The van der Waals surface area contributed by atoms with Crippen molar-refractivity contribution in [3.05, 3.63) is 64.5 Å². The first-order valence-electron chi connectivity index (χ1n) is 9.33. The second-order valence-corrected chi connectivity index (χ2v) is 7.00. The Balaban J connectivity index is 1.69. The van der Waals surface area contributed by atoms with E-state index in [-0.39, 0.29) is 16.7 Å². The van der Waals surface area contributed by atoms with E-state index >= 15 is 0 Å². The monoisotopic (exact) mass is 378 g/mol. The zero-order chi connectivity index (χ0) is 19.5. The van der Waals surface area contributed by atoms with Gasteiger partial charge < -0.3 is 16.0 Å². The van der Waals surface area contributed by atoms with E-state index in [0.717, 1.165) is 18.4 Å². The highest BCUT2D eigenvalue weighted by atomic mass is 16.6. The van der Waals surface area contributed by atoms with Gasteiger partial charge in [-0.2, -0.15) is 0 Å². The number of nitrogens with two attached hydrogens (primary N) is 1. The number of rotatable bonds is 5. The Morgan fingerprint density at radius 3 is 2.64 bits per heavy atom. The number of nitrogens with one attached hydrogen (secondary N) is 1. The van der Waals surface area contributed by atoms with Crippen LogP contribution >= 0.6 is 0 Å². The SMILES string of the molecule is NC1CCN(c2cc3ncnc(NCc4ccccc4)c3cc2[N+](=O)[O-])CC1. The fraction of sp³-hybridized carbons (Fsp3) is 0.300. The molecule has 28 heavy (non-hydrogen) atoms. The smallest absolute Gasteiger partial charge is 0.293 e. The van der Waals surface area contributed by atoms with Crippen molar-refractivity contribution in [3.63, 3.8) is 0 Å². The molecule has 144 valence electrons. The highest BCUT2D eigenvalue weighted by molar-refractivity contribution is 5.94. The number of piperidine rings is 1. The van der Waals surface area contributed by atoms with E-state index in [2.05, 4.69) is 15.3 Å². The molecule has 8 heteroatoms. The molecule has 8 nitrogen and oxygen atoms in total. The molecule has 2 heterocycles. The predicted molar refractivity (Wildman–Crippen MR) is 109 cm³/mol. The van der Waals surface area contributed by atoms with E-state index in [9.17, 15) is 10.1 Å². The molecule has 1 aliphatic heterocycles. The quantitative estimate of drug-likeness (QED) is 0.518. The molecule has 0 unspecified atom stereocenters. The summed E-state index contributed by atoms with van der Waals surface area (Å²) in [5.41, 5.74) is 8.42. The highest BCUT2D eigenvalue weighted by Crippen LogP contribution is 2.35. The average Bonchev–Trinajstić information content (AvgIpc) is 2.72. The number of nitro groups is 1. The molecule has 1 aliphatic rings. The van der Waals surface area contributed by atoms with Crippen molar-refractivity contribution >= 4 is 28.1 Å². The van der Waals surface area contributed by atoms with Crippen LogP contribution in [-0.2, 0) is 6.54 Å². The summed E-state index contributed by atoms with van der Waals surface area (Å²) in [4.78, 5) is 22.1. The van der Waals surface area contributed by atoms with Crippen LogP contribution in [0.25, 0.3) is 10.9 Å². The van der Waals surface area contributed by atoms with Gasteiger partial charge in [0, 0.05) is 37.1 Å². The lowest BCUT2D eigenvalue weighted by atomic mass is 10.0. The van der Waals surface area contributed by atoms with Crippen molar-refractivity contribution in [1.82, 2.24) is 9.97 Å². The van der Waals surface area contributed by atoms with Crippen LogP contribution in [-0.4, -0.2) is 34.0 Å². The molecular formula is C20H22N6O2. The second kappa shape index (κ2) is 7.77. The summed E-state index contributed by atoms with van der Waals surface area (Å²) >= 11 is 0. The molecular weight excluding hydrogens is 356 g/mol. The largest absolute Gasteiger partial charge is 0.366 e. The lowest BCUT2D eigenvalue weighted by Gasteiger charge is -2.31. The Kier molecular flexibility index (Phi) is 5.03. The fourth-order valence-corrected chi connectivity index (χ4v) is 3.54. The minimum Gasteiger partial charge on any atom is -0.366 e. The Morgan fingerprint density at radius 1 is 1.18 bits per heavy atom. The number of hydrogen-bond acceptors (Lipinski definition) is 7. The van der Waals surface area contributed by atoms with Gasteiger partial charge in [0.05, 0.1) is 10.4 Å². The summed E-state index contributed by atoms with van der Waals surface area (Å²) in [5.74, 6) is 0.587. The van der Waals surface area contributed by atoms with Crippen LogP contribution in [0.1, 0.15) is 18.4 Å². The van der Waals surface area contributed by atoms with Gasteiger partial charge in [-0.05, 0) is 24.5 Å². The molecule has 0 spiro atoms. The predicted octanol–water partition coefficient (Wildman–Crippen LogP) is 3.08. The van der Waals surface area contributed by atoms with Gasteiger partial charge in [-0.25, -0.2) is 9.97 Å². The lowest BCUT2D eigenvalue weighted by Crippen LogP contribution is -2.39. The summed E-state index contributed by atoms with van der Waals surface area (Å²) in [5, 5.41) is 15.7. The second-order valence-electron chi connectivity index (χ2n) is 7.00. The van der Waals surface area contributed by atoms with E-state index in [1.807, 2.05) is 35.2 Å².